The van der Waals surface area contributed by atoms with Crippen LogP contribution in [0.5, 0.6) is 5.75 Å². The van der Waals surface area contributed by atoms with Crippen molar-refractivity contribution in [2.45, 2.75) is 6.42 Å². The molecular formula is C10H14NO2+. The van der Waals surface area contributed by atoms with Crippen molar-refractivity contribution in [3.05, 3.63) is 29.8 Å². The standard InChI is InChI=1S/C10H13NO2/c1-13-9-4-2-8(3-5-9)10(12)6-7-11/h2-5H,6-7,11H2,1H3/p+1. The Hall–Kier alpha value is -1.35. The molecule has 0 spiro atoms. The van der Waals surface area contributed by atoms with Crippen LogP contribution in [0.1, 0.15) is 16.8 Å². The van der Waals surface area contributed by atoms with E-state index >= 15 is 0 Å². The third-order valence-corrected chi connectivity index (χ3v) is 1.82. The molecule has 13 heavy (non-hydrogen) atoms. The molecule has 0 aliphatic rings. The Balaban J connectivity index is 2.74. The van der Waals surface area contributed by atoms with Crippen LogP contribution in [0.25, 0.3) is 0 Å². The summed E-state index contributed by atoms with van der Waals surface area (Å²) in [5.74, 6) is 0.906. The summed E-state index contributed by atoms with van der Waals surface area (Å²) < 4.78 is 4.99. The average Bonchev–Trinajstić information content (AvgIpc) is 2.18. The Morgan fingerprint density at radius 1 is 1.38 bits per heavy atom. The van der Waals surface area contributed by atoms with E-state index in [4.69, 9.17) is 4.74 Å². The Kier molecular flexibility index (Phi) is 3.46. The highest BCUT2D eigenvalue weighted by atomic mass is 16.5. The molecule has 0 fully saturated rings. The largest absolute Gasteiger partial charge is 0.497 e. The maximum atomic E-state index is 11.4. The molecule has 1 rings (SSSR count). The third-order valence-electron chi connectivity index (χ3n) is 1.82. The predicted molar refractivity (Wildman–Crippen MR) is 49.7 cm³/mol. The summed E-state index contributed by atoms with van der Waals surface area (Å²) in [6, 6.07) is 7.13. The van der Waals surface area contributed by atoms with E-state index in [1.54, 1.807) is 31.4 Å². The van der Waals surface area contributed by atoms with Gasteiger partial charge in [-0.1, -0.05) is 0 Å². The molecule has 0 atom stereocenters. The van der Waals surface area contributed by atoms with E-state index in [-0.39, 0.29) is 5.78 Å². The lowest BCUT2D eigenvalue weighted by Gasteiger charge is -2.00. The van der Waals surface area contributed by atoms with Crippen molar-refractivity contribution < 1.29 is 15.3 Å². The number of hydrogen-bond donors (Lipinski definition) is 1. The van der Waals surface area contributed by atoms with E-state index in [0.29, 0.717) is 13.0 Å². The summed E-state index contributed by atoms with van der Waals surface area (Å²) >= 11 is 0. The van der Waals surface area contributed by atoms with Gasteiger partial charge in [-0.25, -0.2) is 0 Å². The van der Waals surface area contributed by atoms with Gasteiger partial charge in [0.15, 0.2) is 5.78 Å². The normalized spacial score (nSPS) is 9.69. The fraction of sp³-hybridized carbons (Fsp3) is 0.300. The number of ether oxygens (including phenoxy) is 1. The maximum absolute atomic E-state index is 11.4. The van der Waals surface area contributed by atoms with Gasteiger partial charge in [0.1, 0.15) is 5.75 Å². The number of methoxy groups -OCH3 is 1. The molecule has 3 nitrogen and oxygen atoms in total. The van der Waals surface area contributed by atoms with Crippen LogP contribution in [0, 0.1) is 0 Å². The highest BCUT2D eigenvalue weighted by molar-refractivity contribution is 5.96. The summed E-state index contributed by atoms with van der Waals surface area (Å²) in [6.07, 6.45) is 0.506. The molecule has 0 amide bonds. The van der Waals surface area contributed by atoms with Crippen LogP contribution in [0.2, 0.25) is 0 Å². The van der Waals surface area contributed by atoms with Gasteiger partial charge in [-0.15, -0.1) is 0 Å². The Morgan fingerprint density at radius 2 is 2.00 bits per heavy atom. The van der Waals surface area contributed by atoms with Gasteiger partial charge in [-0.05, 0) is 24.3 Å². The highest BCUT2D eigenvalue weighted by Gasteiger charge is 2.04. The van der Waals surface area contributed by atoms with Crippen molar-refractivity contribution in [2.24, 2.45) is 0 Å². The van der Waals surface area contributed by atoms with E-state index < -0.39 is 0 Å². The van der Waals surface area contributed by atoms with E-state index in [1.165, 1.54) is 0 Å². The first kappa shape index (κ1) is 9.74. The molecule has 0 saturated heterocycles. The van der Waals surface area contributed by atoms with Crippen molar-refractivity contribution >= 4 is 5.78 Å². The molecule has 0 bridgehead atoms. The number of hydrogen-bond acceptors (Lipinski definition) is 2. The summed E-state index contributed by atoms with van der Waals surface area (Å²) in [4.78, 5) is 11.4. The second-order valence-electron chi connectivity index (χ2n) is 2.76. The van der Waals surface area contributed by atoms with Crippen LogP contribution in [-0.2, 0) is 0 Å². The van der Waals surface area contributed by atoms with E-state index in [1.807, 2.05) is 0 Å². The van der Waals surface area contributed by atoms with Gasteiger partial charge in [0, 0.05) is 5.56 Å². The monoisotopic (exact) mass is 180 g/mol. The lowest BCUT2D eigenvalue weighted by Crippen LogP contribution is -2.50. The van der Waals surface area contributed by atoms with Gasteiger partial charge < -0.3 is 10.5 Å². The maximum Gasteiger partial charge on any atom is 0.168 e. The topological polar surface area (TPSA) is 53.9 Å². The van der Waals surface area contributed by atoms with Gasteiger partial charge in [-0.3, -0.25) is 4.79 Å². The quantitative estimate of drug-likeness (QED) is 0.686. The number of benzene rings is 1. The molecule has 3 heteroatoms. The van der Waals surface area contributed by atoms with Gasteiger partial charge in [0.25, 0.3) is 0 Å². The Bertz CT molecular complexity index is 279. The zero-order valence-electron chi connectivity index (χ0n) is 7.75. The third kappa shape index (κ3) is 2.56. The first-order valence-electron chi connectivity index (χ1n) is 4.24. The summed E-state index contributed by atoms with van der Waals surface area (Å²) in [5.41, 5.74) is 4.37. The molecule has 0 aromatic heterocycles. The fourth-order valence-electron chi connectivity index (χ4n) is 1.08. The molecule has 70 valence electrons. The van der Waals surface area contributed by atoms with Gasteiger partial charge in [-0.2, -0.15) is 0 Å². The van der Waals surface area contributed by atoms with Crippen molar-refractivity contribution in [1.29, 1.82) is 0 Å². The molecule has 0 unspecified atom stereocenters. The van der Waals surface area contributed by atoms with Gasteiger partial charge in [0.2, 0.25) is 0 Å². The molecule has 3 N–H and O–H groups in total. The van der Waals surface area contributed by atoms with Crippen LogP contribution in [0.15, 0.2) is 24.3 Å². The predicted octanol–water partition coefficient (Wildman–Crippen LogP) is 0.510. The second-order valence-corrected chi connectivity index (χ2v) is 2.76. The Morgan fingerprint density at radius 3 is 2.46 bits per heavy atom. The summed E-state index contributed by atoms with van der Waals surface area (Å²) in [5, 5.41) is 0. The molecule has 1 aromatic rings. The minimum absolute atomic E-state index is 0.137. The minimum Gasteiger partial charge on any atom is -0.497 e. The molecule has 0 aliphatic heterocycles. The highest BCUT2D eigenvalue weighted by Crippen LogP contribution is 2.12. The average molecular weight is 180 g/mol. The van der Waals surface area contributed by atoms with Gasteiger partial charge >= 0.3 is 0 Å². The summed E-state index contributed by atoms with van der Waals surface area (Å²) in [7, 11) is 1.60. The van der Waals surface area contributed by atoms with Crippen molar-refractivity contribution in [3.8, 4) is 5.75 Å². The second kappa shape index (κ2) is 4.62. The fourth-order valence-corrected chi connectivity index (χ4v) is 1.08. The lowest BCUT2D eigenvalue weighted by atomic mass is 10.1. The molecule has 1 aromatic carbocycles. The number of carbonyl (C=O) groups is 1. The first-order valence-corrected chi connectivity index (χ1v) is 4.24. The van der Waals surface area contributed by atoms with E-state index in [2.05, 4.69) is 5.73 Å². The molecular weight excluding hydrogens is 166 g/mol. The lowest BCUT2D eigenvalue weighted by molar-refractivity contribution is -0.365. The number of ketones is 1. The minimum atomic E-state index is 0.137. The first-order chi connectivity index (χ1) is 6.27. The zero-order valence-corrected chi connectivity index (χ0v) is 7.75. The SMILES string of the molecule is COc1ccc(C(=O)CC[NH3+])cc1. The smallest absolute Gasteiger partial charge is 0.168 e. The van der Waals surface area contributed by atoms with Crippen LogP contribution >= 0.6 is 0 Å². The van der Waals surface area contributed by atoms with Crippen LogP contribution < -0.4 is 10.5 Å². The zero-order chi connectivity index (χ0) is 9.68. The molecule has 0 radical (unpaired) electrons. The number of carbonyl (C=O) groups excluding carboxylic acids is 1. The van der Waals surface area contributed by atoms with E-state index in [0.717, 1.165) is 11.3 Å². The molecule has 0 saturated carbocycles. The van der Waals surface area contributed by atoms with Crippen molar-refractivity contribution in [1.82, 2.24) is 0 Å². The molecule has 0 aliphatic carbocycles. The van der Waals surface area contributed by atoms with Crippen molar-refractivity contribution in [2.75, 3.05) is 13.7 Å². The van der Waals surface area contributed by atoms with Gasteiger partial charge in [0.05, 0.1) is 20.1 Å². The number of quaternary nitrogens is 1. The van der Waals surface area contributed by atoms with Crippen LogP contribution in [-0.4, -0.2) is 19.4 Å². The van der Waals surface area contributed by atoms with Crippen molar-refractivity contribution in [3.63, 3.8) is 0 Å². The summed E-state index contributed by atoms with van der Waals surface area (Å²) in [6.45, 7) is 0.644. The van der Waals surface area contributed by atoms with Crippen LogP contribution in [0.4, 0.5) is 0 Å². The van der Waals surface area contributed by atoms with E-state index in [9.17, 15) is 4.79 Å². The number of rotatable bonds is 4. The van der Waals surface area contributed by atoms with Crippen LogP contribution in [0.3, 0.4) is 0 Å². The Labute approximate surface area is 77.5 Å². The number of Topliss-reactive ketones (excluding diaryl/α,β-unsaturated/α-hetero) is 1. The molecule has 0 heterocycles.